The number of carbonyl (C=O) groups excluding carboxylic acids is 2. The molecular weight excluding hydrogens is 374 g/mol. The minimum absolute atomic E-state index is 0.130. The Morgan fingerprint density at radius 2 is 1.97 bits per heavy atom. The molecule has 2 amide bonds. The third-order valence-corrected chi connectivity index (χ3v) is 5.81. The minimum Gasteiger partial charge on any atom is -0.381 e. The van der Waals surface area contributed by atoms with Crippen molar-refractivity contribution in [2.45, 2.75) is 31.2 Å². The lowest BCUT2D eigenvalue weighted by Gasteiger charge is -2.35. The van der Waals surface area contributed by atoms with Crippen molar-refractivity contribution in [3.63, 3.8) is 0 Å². The molecule has 1 aromatic heterocycles. The van der Waals surface area contributed by atoms with Crippen molar-refractivity contribution in [1.82, 2.24) is 15.5 Å². The van der Waals surface area contributed by atoms with Crippen LogP contribution in [-0.4, -0.2) is 48.3 Å². The molecular formula is C20H25N5O4. The predicted octanol–water partition coefficient (Wildman–Crippen LogP) is 1.21. The van der Waals surface area contributed by atoms with Crippen LogP contribution in [0, 0.1) is 5.92 Å². The standard InChI is InChI=1S/C20H25N5O4/c21-17(26)15-2-1-9-25(12-15)16-5-3-14(4-6-16)18(27)23-20(7-10-28-11-8-20)19-22-13-29-24-19/h3-6,13,15H,1-2,7-12H2,(H2,21,26)(H,23,27). The maximum Gasteiger partial charge on any atom is 0.252 e. The molecule has 1 unspecified atom stereocenters. The van der Waals surface area contributed by atoms with E-state index < -0.39 is 5.54 Å². The van der Waals surface area contributed by atoms with Gasteiger partial charge in [0.1, 0.15) is 5.54 Å². The van der Waals surface area contributed by atoms with Gasteiger partial charge in [-0.05, 0) is 37.1 Å². The van der Waals surface area contributed by atoms with Crippen molar-refractivity contribution in [2.24, 2.45) is 11.7 Å². The molecule has 4 rings (SSSR count). The van der Waals surface area contributed by atoms with Crippen LogP contribution in [0.1, 0.15) is 41.9 Å². The van der Waals surface area contributed by atoms with Gasteiger partial charge in [-0.25, -0.2) is 0 Å². The van der Waals surface area contributed by atoms with Gasteiger partial charge in [0.2, 0.25) is 12.3 Å². The average molecular weight is 399 g/mol. The zero-order chi connectivity index (χ0) is 20.3. The number of ether oxygens (including phenoxy) is 1. The first-order valence-corrected chi connectivity index (χ1v) is 9.89. The van der Waals surface area contributed by atoms with Crippen molar-refractivity contribution >= 4 is 17.5 Å². The highest BCUT2D eigenvalue weighted by Crippen LogP contribution is 2.30. The summed E-state index contributed by atoms with van der Waals surface area (Å²) in [5, 5.41) is 7.05. The Hall–Kier alpha value is -2.94. The summed E-state index contributed by atoms with van der Waals surface area (Å²) in [6.45, 7) is 2.52. The number of primary amides is 1. The Bertz CT molecular complexity index is 846. The van der Waals surface area contributed by atoms with E-state index in [1.165, 1.54) is 6.39 Å². The van der Waals surface area contributed by atoms with Gasteiger partial charge in [0.25, 0.3) is 5.91 Å². The maximum atomic E-state index is 12.9. The lowest BCUT2D eigenvalue weighted by atomic mass is 9.88. The molecule has 0 aliphatic carbocycles. The van der Waals surface area contributed by atoms with Gasteiger partial charge in [0.15, 0.2) is 5.82 Å². The Labute approximate surface area is 168 Å². The van der Waals surface area contributed by atoms with E-state index >= 15 is 0 Å². The summed E-state index contributed by atoms with van der Waals surface area (Å²) in [4.78, 5) is 30.7. The van der Waals surface area contributed by atoms with E-state index in [4.69, 9.17) is 15.0 Å². The zero-order valence-corrected chi connectivity index (χ0v) is 16.2. The third kappa shape index (κ3) is 4.09. The van der Waals surface area contributed by atoms with Crippen molar-refractivity contribution < 1.29 is 18.8 Å². The average Bonchev–Trinajstić information content (AvgIpc) is 3.30. The van der Waals surface area contributed by atoms with Gasteiger partial charge in [-0.2, -0.15) is 4.98 Å². The lowest BCUT2D eigenvalue weighted by molar-refractivity contribution is -0.122. The molecule has 3 heterocycles. The first-order chi connectivity index (χ1) is 14.1. The van der Waals surface area contributed by atoms with Gasteiger partial charge < -0.3 is 25.2 Å². The summed E-state index contributed by atoms with van der Waals surface area (Å²) in [5.41, 5.74) is 6.30. The highest BCUT2D eigenvalue weighted by atomic mass is 16.5. The number of rotatable bonds is 5. The summed E-state index contributed by atoms with van der Waals surface area (Å²) in [5.74, 6) is -0.113. The minimum atomic E-state index is -0.692. The van der Waals surface area contributed by atoms with Crippen molar-refractivity contribution in [3.8, 4) is 0 Å². The molecule has 1 atom stereocenters. The van der Waals surface area contributed by atoms with Gasteiger partial charge in [0, 0.05) is 50.4 Å². The van der Waals surface area contributed by atoms with Gasteiger partial charge in [0.05, 0.1) is 5.92 Å². The first-order valence-electron chi connectivity index (χ1n) is 9.89. The molecule has 1 aromatic carbocycles. The molecule has 9 nitrogen and oxygen atoms in total. The summed E-state index contributed by atoms with van der Waals surface area (Å²) >= 11 is 0. The van der Waals surface area contributed by atoms with Crippen LogP contribution in [0.4, 0.5) is 5.69 Å². The van der Waals surface area contributed by atoms with E-state index in [1.54, 1.807) is 12.1 Å². The van der Waals surface area contributed by atoms with E-state index in [2.05, 4.69) is 20.4 Å². The van der Waals surface area contributed by atoms with Gasteiger partial charge >= 0.3 is 0 Å². The molecule has 2 saturated heterocycles. The van der Waals surface area contributed by atoms with Crippen LogP contribution in [0.2, 0.25) is 0 Å². The van der Waals surface area contributed by atoms with Crippen LogP contribution in [0.5, 0.6) is 0 Å². The molecule has 2 fully saturated rings. The maximum absolute atomic E-state index is 12.9. The Kier molecular flexibility index (Phi) is 5.48. The van der Waals surface area contributed by atoms with Crippen LogP contribution < -0.4 is 16.0 Å². The quantitative estimate of drug-likeness (QED) is 0.774. The van der Waals surface area contributed by atoms with Crippen LogP contribution in [0.15, 0.2) is 35.2 Å². The molecule has 3 N–H and O–H groups in total. The lowest BCUT2D eigenvalue weighted by Crippen LogP contribution is -2.50. The number of carbonyl (C=O) groups is 2. The summed E-state index contributed by atoms with van der Waals surface area (Å²) in [7, 11) is 0. The Balaban J connectivity index is 1.47. The number of piperidine rings is 1. The van der Waals surface area contributed by atoms with Crippen LogP contribution in [0.3, 0.4) is 0 Å². The topological polar surface area (TPSA) is 124 Å². The summed E-state index contributed by atoms with van der Waals surface area (Å²) < 4.78 is 10.3. The first kappa shape index (κ1) is 19.4. The molecule has 2 aliphatic rings. The molecule has 9 heteroatoms. The predicted molar refractivity (Wildman–Crippen MR) is 104 cm³/mol. The number of nitrogens with zero attached hydrogens (tertiary/aromatic N) is 3. The fourth-order valence-corrected chi connectivity index (χ4v) is 4.06. The third-order valence-electron chi connectivity index (χ3n) is 5.81. The smallest absolute Gasteiger partial charge is 0.252 e. The van der Waals surface area contributed by atoms with E-state index in [9.17, 15) is 9.59 Å². The number of hydrogen-bond donors (Lipinski definition) is 2. The van der Waals surface area contributed by atoms with Gasteiger partial charge in [-0.3, -0.25) is 9.59 Å². The second kappa shape index (κ2) is 8.20. The van der Waals surface area contributed by atoms with Crippen LogP contribution in [0.25, 0.3) is 0 Å². The number of nitrogens with two attached hydrogens (primary N) is 1. The van der Waals surface area contributed by atoms with Crippen LogP contribution >= 0.6 is 0 Å². The van der Waals surface area contributed by atoms with Crippen molar-refractivity contribution in [2.75, 3.05) is 31.2 Å². The van der Waals surface area contributed by atoms with E-state index in [0.29, 0.717) is 44.0 Å². The van der Waals surface area contributed by atoms with Crippen molar-refractivity contribution in [1.29, 1.82) is 0 Å². The van der Waals surface area contributed by atoms with E-state index in [1.807, 2.05) is 12.1 Å². The molecule has 0 bridgehead atoms. The van der Waals surface area contributed by atoms with E-state index in [-0.39, 0.29) is 17.7 Å². The summed E-state index contributed by atoms with van der Waals surface area (Å²) in [6.07, 6.45) is 4.18. The second-order valence-electron chi connectivity index (χ2n) is 7.64. The Morgan fingerprint density at radius 1 is 1.21 bits per heavy atom. The number of benzene rings is 1. The molecule has 0 radical (unpaired) electrons. The molecule has 29 heavy (non-hydrogen) atoms. The number of aromatic nitrogens is 2. The normalized spacial score (nSPS) is 21.5. The zero-order valence-electron chi connectivity index (χ0n) is 16.2. The largest absolute Gasteiger partial charge is 0.381 e. The number of hydrogen-bond acceptors (Lipinski definition) is 7. The fourth-order valence-electron chi connectivity index (χ4n) is 4.06. The molecule has 2 aliphatic heterocycles. The second-order valence-corrected chi connectivity index (χ2v) is 7.64. The van der Waals surface area contributed by atoms with Gasteiger partial charge in [-0.1, -0.05) is 5.16 Å². The number of anilines is 1. The number of amides is 2. The molecule has 0 spiro atoms. The van der Waals surface area contributed by atoms with E-state index in [0.717, 1.165) is 25.1 Å². The van der Waals surface area contributed by atoms with Crippen molar-refractivity contribution in [3.05, 3.63) is 42.0 Å². The Morgan fingerprint density at radius 3 is 2.62 bits per heavy atom. The molecule has 0 saturated carbocycles. The number of nitrogens with one attached hydrogen (secondary N) is 1. The highest BCUT2D eigenvalue weighted by molar-refractivity contribution is 5.95. The van der Waals surface area contributed by atoms with Crippen LogP contribution in [-0.2, 0) is 15.1 Å². The monoisotopic (exact) mass is 399 g/mol. The SMILES string of the molecule is NC(=O)C1CCCN(c2ccc(C(=O)NC3(c4ncon4)CCOCC3)cc2)C1. The molecule has 154 valence electrons. The fraction of sp³-hybridized carbons (Fsp3) is 0.500. The summed E-state index contributed by atoms with van der Waals surface area (Å²) in [6, 6.07) is 7.40. The van der Waals surface area contributed by atoms with Gasteiger partial charge in [-0.15, -0.1) is 0 Å². The molecule has 2 aromatic rings. The highest BCUT2D eigenvalue weighted by Gasteiger charge is 2.40.